The number of fused-ring (bicyclic) bond motifs is 2. The number of rotatable bonds is 6. The molecule has 0 radical (unpaired) electrons. The number of aliphatic hydroxyl groups is 2. The van der Waals surface area contributed by atoms with E-state index in [4.69, 9.17) is 4.98 Å². The maximum Gasteiger partial charge on any atom is 0.226 e. The Labute approximate surface area is 219 Å². The van der Waals surface area contributed by atoms with Gasteiger partial charge in [-0.1, -0.05) is 53.9 Å². The fraction of sp³-hybridized carbons (Fsp3) is 0.821. The van der Waals surface area contributed by atoms with E-state index in [2.05, 4.69) is 17.6 Å². The van der Waals surface area contributed by atoms with Crippen molar-refractivity contribution in [3.05, 3.63) is 10.6 Å². The van der Waals surface area contributed by atoms with Gasteiger partial charge in [0.1, 0.15) is 0 Å². The smallest absolute Gasteiger partial charge is 0.226 e. The number of nitrogens with zero attached hydrogens (tertiary/aromatic N) is 1. The van der Waals surface area contributed by atoms with Gasteiger partial charge in [-0.25, -0.2) is 4.98 Å². The third-order valence-corrected chi connectivity index (χ3v) is 10.2. The van der Waals surface area contributed by atoms with E-state index < -0.39 is 11.5 Å². The van der Waals surface area contributed by atoms with Gasteiger partial charge in [-0.2, -0.15) is 0 Å². The van der Waals surface area contributed by atoms with E-state index in [1.807, 2.05) is 27.7 Å². The zero-order valence-corrected chi connectivity index (χ0v) is 23.5. The third-order valence-electron chi connectivity index (χ3n) is 9.19. The lowest BCUT2D eigenvalue weighted by atomic mass is 9.47. The Hall–Kier alpha value is -1.51. The number of carbonyl (C=O) groups is 2. The summed E-state index contributed by atoms with van der Waals surface area (Å²) in [5.41, 5.74) is -0.140. The highest BCUT2D eigenvalue weighted by Gasteiger charge is 2.59. The summed E-state index contributed by atoms with van der Waals surface area (Å²) in [6.07, 6.45) is 7.86. The van der Waals surface area contributed by atoms with E-state index in [9.17, 15) is 19.8 Å². The molecule has 3 aliphatic carbocycles. The molecule has 1 heterocycles. The monoisotopic (exact) mass is 519 g/mol. The summed E-state index contributed by atoms with van der Waals surface area (Å²) in [6, 6.07) is 0.247. The Balaban J connectivity index is 1.64. The number of hydrogen-bond donors (Lipinski definition) is 4. The molecular weight excluding hydrogens is 474 g/mol. The molecule has 0 aromatic carbocycles. The zero-order valence-electron chi connectivity index (χ0n) is 22.7. The van der Waals surface area contributed by atoms with Gasteiger partial charge in [-0.15, -0.1) is 11.3 Å². The Morgan fingerprint density at radius 1 is 1.11 bits per heavy atom. The lowest BCUT2D eigenvalue weighted by Gasteiger charge is -2.58. The fourth-order valence-corrected chi connectivity index (χ4v) is 8.15. The Morgan fingerprint density at radius 3 is 2.44 bits per heavy atom. The van der Waals surface area contributed by atoms with E-state index in [-0.39, 0.29) is 47.1 Å². The maximum absolute atomic E-state index is 13.3. The van der Waals surface area contributed by atoms with Gasteiger partial charge < -0.3 is 20.8 Å². The van der Waals surface area contributed by atoms with E-state index in [1.54, 1.807) is 0 Å². The lowest BCUT2D eigenvalue weighted by Crippen LogP contribution is -2.57. The van der Waals surface area contributed by atoms with Crippen LogP contribution in [0.2, 0.25) is 0 Å². The van der Waals surface area contributed by atoms with Crippen LogP contribution in [0.15, 0.2) is 0 Å². The normalized spacial score (nSPS) is 32.9. The van der Waals surface area contributed by atoms with Crippen molar-refractivity contribution in [2.45, 2.75) is 117 Å². The van der Waals surface area contributed by atoms with Gasteiger partial charge in [0.25, 0.3) is 0 Å². The van der Waals surface area contributed by atoms with E-state index >= 15 is 0 Å². The summed E-state index contributed by atoms with van der Waals surface area (Å²) < 4.78 is 0. The minimum absolute atomic E-state index is 0.0114. The molecule has 1 aromatic heterocycles. The fourth-order valence-electron chi connectivity index (χ4n) is 7.06. The number of aromatic nitrogens is 1. The zero-order chi connectivity index (χ0) is 26.3. The van der Waals surface area contributed by atoms with Gasteiger partial charge in [-0.05, 0) is 48.9 Å². The summed E-state index contributed by atoms with van der Waals surface area (Å²) in [4.78, 5) is 32.0. The van der Waals surface area contributed by atoms with Gasteiger partial charge in [0.2, 0.25) is 11.8 Å². The average molecular weight is 520 g/mol. The summed E-state index contributed by atoms with van der Waals surface area (Å²) >= 11 is 1.49. The van der Waals surface area contributed by atoms with Crippen LogP contribution in [-0.4, -0.2) is 45.8 Å². The minimum atomic E-state index is -0.650. The van der Waals surface area contributed by atoms with Crippen molar-refractivity contribution in [2.75, 3.05) is 11.9 Å². The molecule has 2 amide bonds. The summed E-state index contributed by atoms with van der Waals surface area (Å²) in [6.45, 7) is 10.2. The number of amides is 2. The van der Waals surface area contributed by atoms with Crippen LogP contribution < -0.4 is 10.6 Å². The van der Waals surface area contributed by atoms with E-state index in [0.29, 0.717) is 30.8 Å². The van der Waals surface area contributed by atoms with Gasteiger partial charge in [0, 0.05) is 35.1 Å². The molecule has 4 rings (SSSR count). The number of nitrogens with one attached hydrogen (secondary N) is 2. The van der Waals surface area contributed by atoms with Gasteiger partial charge >= 0.3 is 0 Å². The predicted octanol–water partition coefficient (Wildman–Crippen LogP) is 4.77. The van der Waals surface area contributed by atoms with Crippen LogP contribution in [0.5, 0.6) is 0 Å². The van der Waals surface area contributed by atoms with Crippen molar-refractivity contribution in [2.24, 2.45) is 22.2 Å². The second kappa shape index (κ2) is 10.3. The first-order valence-electron chi connectivity index (χ1n) is 13.7. The summed E-state index contributed by atoms with van der Waals surface area (Å²) in [5, 5.41) is 28.2. The minimum Gasteiger partial charge on any atom is -0.396 e. The number of carbonyl (C=O) groups excluding carboxylic acids is 2. The summed E-state index contributed by atoms with van der Waals surface area (Å²) in [7, 11) is 0. The highest BCUT2D eigenvalue weighted by molar-refractivity contribution is 7.15. The highest BCUT2D eigenvalue weighted by Crippen LogP contribution is 2.62. The Morgan fingerprint density at radius 2 is 1.81 bits per heavy atom. The SMILES string of the molecule is CC(C)(C)CC(=O)Nc1nc2c(s1)C[C@@H]1[C@](C)(CO)[C@H](O)CC[C@@]1(C)[C@@H]2CC(=O)NC1CCCCC1. The highest BCUT2D eigenvalue weighted by atomic mass is 32.1. The van der Waals surface area contributed by atoms with Gasteiger partial charge in [0.15, 0.2) is 5.13 Å². The predicted molar refractivity (Wildman–Crippen MR) is 143 cm³/mol. The lowest BCUT2D eigenvalue weighted by molar-refractivity contribution is -0.144. The molecule has 0 saturated heterocycles. The van der Waals surface area contributed by atoms with Crippen LogP contribution in [0, 0.1) is 22.2 Å². The molecule has 0 bridgehead atoms. The first-order chi connectivity index (χ1) is 16.9. The number of thiazole rings is 1. The molecule has 2 fully saturated rings. The molecule has 1 aromatic rings. The van der Waals surface area contributed by atoms with E-state index in [0.717, 1.165) is 42.7 Å². The third kappa shape index (κ3) is 5.51. The molecule has 4 N–H and O–H groups in total. The Kier molecular flexibility index (Phi) is 7.90. The number of hydrogen-bond acceptors (Lipinski definition) is 6. The molecule has 5 atom stereocenters. The van der Waals surface area contributed by atoms with Crippen molar-refractivity contribution in [3.63, 3.8) is 0 Å². The number of anilines is 1. The number of aliphatic hydroxyl groups excluding tert-OH is 2. The van der Waals surface area contributed by atoms with Crippen molar-refractivity contribution in [1.29, 1.82) is 0 Å². The maximum atomic E-state index is 13.3. The molecule has 0 spiro atoms. The first-order valence-corrected chi connectivity index (χ1v) is 14.5. The average Bonchev–Trinajstić information content (AvgIpc) is 3.19. The molecular formula is C28H45N3O4S. The van der Waals surface area contributed by atoms with E-state index in [1.165, 1.54) is 17.8 Å². The molecule has 36 heavy (non-hydrogen) atoms. The Bertz CT molecular complexity index is 966. The molecule has 2 saturated carbocycles. The molecule has 0 unspecified atom stereocenters. The van der Waals surface area contributed by atoms with Crippen LogP contribution in [0.25, 0.3) is 0 Å². The van der Waals surface area contributed by atoms with Crippen molar-refractivity contribution in [1.82, 2.24) is 10.3 Å². The van der Waals surface area contributed by atoms with Crippen molar-refractivity contribution in [3.8, 4) is 0 Å². The molecule has 202 valence electrons. The van der Waals surface area contributed by atoms with Crippen molar-refractivity contribution >= 4 is 28.3 Å². The molecule has 0 aliphatic heterocycles. The largest absolute Gasteiger partial charge is 0.396 e. The van der Waals surface area contributed by atoms with Crippen LogP contribution in [0.3, 0.4) is 0 Å². The van der Waals surface area contributed by atoms with Crippen molar-refractivity contribution < 1.29 is 19.8 Å². The van der Waals surface area contributed by atoms with Gasteiger partial charge in [-0.3, -0.25) is 9.59 Å². The summed E-state index contributed by atoms with van der Waals surface area (Å²) in [5.74, 6) is -0.114. The topological polar surface area (TPSA) is 112 Å². The molecule has 3 aliphatic rings. The van der Waals surface area contributed by atoms with Crippen LogP contribution in [-0.2, 0) is 16.0 Å². The second-order valence-corrected chi connectivity index (χ2v) is 14.3. The van der Waals surface area contributed by atoms with Gasteiger partial charge in [0.05, 0.1) is 18.4 Å². The molecule has 7 nitrogen and oxygen atoms in total. The van der Waals surface area contributed by atoms with Crippen LogP contribution >= 0.6 is 11.3 Å². The van der Waals surface area contributed by atoms with Crippen LogP contribution in [0.4, 0.5) is 5.13 Å². The first kappa shape index (κ1) is 27.5. The standard InChI is InChI=1S/C28H45N3O4S/c1-26(2,3)15-23(35)30-25-31-24-18(13-22(34)29-17-9-7-6-8-10-17)27(4)12-11-21(33)28(5,16-32)20(27)14-19(24)36-25/h17-18,20-21,32-33H,6-16H2,1-5H3,(H,29,34)(H,30,31,35)/t18-,20+,21-,27+,28+/m1/s1. The second-order valence-electron chi connectivity index (χ2n) is 13.3. The quantitative estimate of drug-likeness (QED) is 0.433. The molecule has 8 heteroatoms. The van der Waals surface area contributed by atoms with Crippen LogP contribution in [0.1, 0.15) is 109 Å².